The molecule has 0 saturated carbocycles. The van der Waals surface area contributed by atoms with E-state index in [0.29, 0.717) is 12.8 Å². The van der Waals surface area contributed by atoms with Crippen LogP contribution in [0, 0.1) is 0 Å². The topological polar surface area (TPSA) is 34.9 Å². The van der Waals surface area contributed by atoms with Gasteiger partial charge in [-0.25, -0.2) is 4.98 Å². The molecule has 0 aliphatic rings. The first-order valence-corrected chi connectivity index (χ1v) is 6.71. The normalized spacial score (nSPS) is 10.6. The van der Waals surface area contributed by atoms with Crippen molar-refractivity contribution < 1.29 is 4.79 Å². The molecule has 0 bridgehead atoms. The Labute approximate surface area is 105 Å². The second-order valence-electron chi connectivity index (χ2n) is 4.01. The molecular formula is C13H16N2OS. The van der Waals surface area contributed by atoms with Crippen LogP contribution in [0.5, 0.6) is 0 Å². The summed E-state index contributed by atoms with van der Waals surface area (Å²) in [5.41, 5.74) is 0. The van der Waals surface area contributed by atoms with Crippen molar-refractivity contribution in [3.05, 3.63) is 40.6 Å². The molecule has 2 aromatic heterocycles. The molecule has 0 atom stereocenters. The maximum absolute atomic E-state index is 11.9. The van der Waals surface area contributed by atoms with E-state index in [0.717, 1.165) is 23.7 Å². The molecule has 0 amide bonds. The number of nitrogens with zero attached hydrogens (tertiary/aromatic N) is 2. The van der Waals surface area contributed by atoms with Gasteiger partial charge in [-0.15, -0.1) is 11.3 Å². The maximum Gasteiger partial charge on any atom is 0.145 e. The van der Waals surface area contributed by atoms with Gasteiger partial charge in [-0.2, -0.15) is 0 Å². The Morgan fingerprint density at radius 3 is 3.06 bits per heavy atom. The summed E-state index contributed by atoms with van der Waals surface area (Å²) in [4.78, 5) is 17.3. The second-order valence-corrected chi connectivity index (χ2v) is 5.04. The van der Waals surface area contributed by atoms with E-state index in [1.807, 2.05) is 23.7 Å². The van der Waals surface area contributed by atoms with Crippen LogP contribution in [-0.2, 0) is 24.2 Å². The van der Waals surface area contributed by atoms with E-state index in [9.17, 15) is 4.79 Å². The molecule has 2 rings (SSSR count). The zero-order chi connectivity index (χ0) is 12.1. The van der Waals surface area contributed by atoms with E-state index in [1.54, 1.807) is 17.5 Å². The lowest BCUT2D eigenvalue weighted by molar-refractivity contribution is -0.117. The standard InChI is InChI=1S/C13H16N2OS/c1-2-6-15-7-5-14-13(15)10-11(16)9-12-4-3-8-17-12/h3-5,7-8H,2,6,9-10H2,1H3. The predicted molar refractivity (Wildman–Crippen MR) is 69.3 cm³/mol. The molecule has 0 N–H and O–H groups in total. The Kier molecular flexibility index (Phi) is 4.09. The van der Waals surface area contributed by atoms with E-state index < -0.39 is 0 Å². The summed E-state index contributed by atoms with van der Waals surface area (Å²) in [7, 11) is 0. The molecule has 0 spiro atoms. The number of rotatable bonds is 6. The first-order valence-electron chi connectivity index (χ1n) is 5.83. The molecule has 2 aromatic rings. The number of Topliss-reactive ketones (excluding diaryl/α,β-unsaturated/α-hetero) is 1. The number of ketones is 1. The molecule has 0 saturated heterocycles. The van der Waals surface area contributed by atoms with E-state index in [2.05, 4.69) is 16.5 Å². The van der Waals surface area contributed by atoms with Gasteiger partial charge in [0.1, 0.15) is 11.6 Å². The van der Waals surface area contributed by atoms with Crippen molar-refractivity contribution in [3.63, 3.8) is 0 Å². The molecule has 2 heterocycles. The molecule has 4 heteroatoms. The average molecular weight is 248 g/mol. The van der Waals surface area contributed by atoms with Crippen LogP contribution in [0.1, 0.15) is 24.0 Å². The Balaban J connectivity index is 1.95. The second kappa shape index (κ2) is 5.77. The highest BCUT2D eigenvalue weighted by Crippen LogP contribution is 2.11. The molecule has 3 nitrogen and oxygen atoms in total. The highest BCUT2D eigenvalue weighted by molar-refractivity contribution is 7.10. The van der Waals surface area contributed by atoms with Gasteiger partial charge >= 0.3 is 0 Å². The summed E-state index contributed by atoms with van der Waals surface area (Å²) in [6.45, 7) is 3.05. The van der Waals surface area contributed by atoms with Gasteiger partial charge in [0.2, 0.25) is 0 Å². The Morgan fingerprint density at radius 1 is 1.47 bits per heavy atom. The van der Waals surface area contributed by atoms with Gasteiger partial charge in [0.05, 0.1) is 6.42 Å². The minimum absolute atomic E-state index is 0.232. The fourth-order valence-corrected chi connectivity index (χ4v) is 2.53. The first-order chi connectivity index (χ1) is 8.29. The number of imidazole rings is 1. The quantitative estimate of drug-likeness (QED) is 0.788. The van der Waals surface area contributed by atoms with Crippen LogP contribution in [0.15, 0.2) is 29.9 Å². The summed E-state index contributed by atoms with van der Waals surface area (Å²) >= 11 is 1.63. The van der Waals surface area contributed by atoms with Crippen molar-refractivity contribution in [2.24, 2.45) is 0 Å². The number of carbonyl (C=O) groups is 1. The van der Waals surface area contributed by atoms with E-state index in [-0.39, 0.29) is 5.78 Å². The third-order valence-electron chi connectivity index (χ3n) is 2.57. The van der Waals surface area contributed by atoms with Gasteiger partial charge in [-0.05, 0) is 17.9 Å². The number of hydrogen-bond acceptors (Lipinski definition) is 3. The van der Waals surface area contributed by atoms with Crippen LogP contribution in [0.25, 0.3) is 0 Å². The van der Waals surface area contributed by atoms with E-state index in [1.165, 1.54) is 0 Å². The lowest BCUT2D eigenvalue weighted by Crippen LogP contribution is -2.11. The van der Waals surface area contributed by atoms with Crippen molar-refractivity contribution in [1.82, 2.24) is 9.55 Å². The zero-order valence-electron chi connectivity index (χ0n) is 9.93. The van der Waals surface area contributed by atoms with E-state index in [4.69, 9.17) is 0 Å². The van der Waals surface area contributed by atoms with Crippen LogP contribution in [0.2, 0.25) is 0 Å². The summed E-state index contributed by atoms with van der Waals surface area (Å²) in [5, 5.41) is 2.00. The molecule has 0 aromatic carbocycles. The fourth-order valence-electron chi connectivity index (χ4n) is 1.80. The van der Waals surface area contributed by atoms with Gasteiger partial charge in [-0.3, -0.25) is 4.79 Å². The predicted octanol–water partition coefficient (Wildman–Crippen LogP) is 2.71. The highest BCUT2D eigenvalue weighted by Gasteiger charge is 2.10. The summed E-state index contributed by atoms with van der Waals surface area (Å²) in [6.07, 6.45) is 5.73. The maximum atomic E-state index is 11.9. The Morgan fingerprint density at radius 2 is 2.35 bits per heavy atom. The fraction of sp³-hybridized carbons (Fsp3) is 0.385. The van der Waals surface area contributed by atoms with Gasteiger partial charge in [0.15, 0.2) is 0 Å². The molecule has 0 aliphatic heterocycles. The lowest BCUT2D eigenvalue weighted by atomic mass is 10.2. The van der Waals surface area contributed by atoms with Gasteiger partial charge in [0.25, 0.3) is 0 Å². The first kappa shape index (κ1) is 12.0. The highest BCUT2D eigenvalue weighted by atomic mass is 32.1. The van der Waals surface area contributed by atoms with E-state index >= 15 is 0 Å². The van der Waals surface area contributed by atoms with Crippen molar-refractivity contribution in [1.29, 1.82) is 0 Å². The number of carbonyl (C=O) groups excluding carboxylic acids is 1. The van der Waals surface area contributed by atoms with Crippen LogP contribution in [0.4, 0.5) is 0 Å². The number of aryl methyl sites for hydroxylation is 1. The smallest absolute Gasteiger partial charge is 0.145 e. The summed E-state index contributed by atoms with van der Waals surface area (Å²) in [6, 6.07) is 3.98. The molecule has 0 radical (unpaired) electrons. The minimum atomic E-state index is 0.232. The van der Waals surface area contributed by atoms with Crippen molar-refractivity contribution >= 4 is 17.1 Å². The summed E-state index contributed by atoms with van der Waals surface area (Å²) < 4.78 is 2.06. The van der Waals surface area contributed by atoms with Crippen LogP contribution in [-0.4, -0.2) is 15.3 Å². The monoisotopic (exact) mass is 248 g/mol. The number of thiophene rings is 1. The van der Waals surface area contributed by atoms with Crippen LogP contribution in [0.3, 0.4) is 0 Å². The van der Waals surface area contributed by atoms with Crippen LogP contribution < -0.4 is 0 Å². The van der Waals surface area contributed by atoms with Gasteiger partial charge in [0, 0.05) is 30.2 Å². The third kappa shape index (κ3) is 3.27. The lowest BCUT2D eigenvalue weighted by Gasteiger charge is -2.05. The van der Waals surface area contributed by atoms with Gasteiger partial charge < -0.3 is 4.57 Å². The number of hydrogen-bond donors (Lipinski definition) is 0. The molecule has 17 heavy (non-hydrogen) atoms. The van der Waals surface area contributed by atoms with Crippen molar-refractivity contribution in [2.75, 3.05) is 0 Å². The van der Waals surface area contributed by atoms with Crippen LogP contribution >= 0.6 is 11.3 Å². The number of aromatic nitrogens is 2. The van der Waals surface area contributed by atoms with Crippen molar-refractivity contribution in [2.45, 2.75) is 32.7 Å². The average Bonchev–Trinajstić information content (AvgIpc) is 2.92. The Bertz CT molecular complexity index is 473. The van der Waals surface area contributed by atoms with Gasteiger partial charge in [-0.1, -0.05) is 13.0 Å². The summed E-state index contributed by atoms with van der Waals surface area (Å²) in [5.74, 6) is 1.12. The third-order valence-corrected chi connectivity index (χ3v) is 3.45. The molecule has 90 valence electrons. The largest absolute Gasteiger partial charge is 0.335 e. The SMILES string of the molecule is CCCn1ccnc1CC(=O)Cc1cccs1. The molecule has 0 unspecified atom stereocenters. The minimum Gasteiger partial charge on any atom is -0.335 e. The molecule has 0 fully saturated rings. The molecule has 0 aliphatic carbocycles. The van der Waals surface area contributed by atoms with Crippen molar-refractivity contribution in [3.8, 4) is 0 Å². The molecular weight excluding hydrogens is 232 g/mol. The zero-order valence-corrected chi connectivity index (χ0v) is 10.7. The Hall–Kier alpha value is -1.42.